The fourth-order valence-electron chi connectivity index (χ4n) is 2.80. The Hall–Kier alpha value is -2.49. The summed E-state index contributed by atoms with van der Waals surface area (Å²) in [5.74, 6) is 1.53. The van der Waals surface area contributed by atoms with Gasteiger partial charge < -0.3 is 14.4 Å². The molecule has 0 aliphatic carbocycles. The lowest BCUT2D eigenvalue weighted by Gasteiger charge is -2.28. The highest BCUT2D eigenvalue weighted by Gasteiger charge is 2.20. The fourth-order valence-corrected chi connectivity index (χ4v) is 2.80. The number of benzene rings is 2. The fraction of sp³-hybridized carbons (Fsp3) is 0.350. The van der Waals surface area contributed by atoms with Gasteiger partial charge in [0.1, 0.15) is 11.5 Å². The van der Waals surface area contributed by atoms with Gasteiger partial charge >= 0.3 is 0 Å². The number of carbonyl (C=O) groups is 1. The molecule has 0 N–H and O–H groups in total. The topological polar surface area (TPSA) is 38.8 Å². The standard InChI is InChI=1S/C20H23NO3/c1-2-13-23-18-7-9-19(10-8-18)24-15-20(22)21-12-11-16-5-3-4-6-17(16)14-21/h3-10H,2,11-15H2,1H3. The van der Waals surface area contributed by atoms with Crippen LogP contribution in [-0.4, -0.2) is 30.6 Å². The molecule has 24 heavy (non-hydrogen) atoms. The molecule has 2 aromatic rings. The molecule has 0 saturated carbocycles. The van der Waals surface area contributed by atoms with Crippen LogP contribution in [0.2, 0.25) is 0 Å². The molecule has 0 saturated heterocycles. The minimum Gasteiger partial charge on any atom is -0.494 e. The molecule has 0 spiro atoms. The van der Waals surface area contributed by atoms with Crippen LogP contribution in [0.1, 0.15) is 24.5 Å². The van der Waals surface area contributed by atoms with Crippen LogP contribution in [0.5, 0.6) is 11.5 Å². The molecule has 0 bridgehead atoms. The Bertz CT molecular complexity index is 682. The summed E-state index contributed by atoms with van der Waals surface area (Å²) >= 11 is 0. The Morgan fingerprint density at radius 2 is 1.67 bits per heavy atom. The second-order valence-electron chi connectivity index (χ2n) is 5.94. The van der Waals surface area contributed by atoms with Gasteiger partial charge in [-0.15, -0.1) is 0 Å². The molecule has 1 aliphatic heterocycles. The van der Waals surface area contributed by atoms with Crippen molar-refractivity contribution in [3.8, 4) is 11.5 Å². The summed E-state index contributed by atoms with van der Waals surface area (Å²) in [5, 5.41) is 0. The molecular formula is C20H23NO3. The molecule has 0 atom stereocenters. The maximum absolute atomic E-state index is 12.4. The summed E-state index contributed by atoms with van der Waals surface area (Å²) in [6, 6.07) is 15.7. The van der Waals surface area contributed by atoms with E-state index in [1.165, 1.54) is 11.1 Å². The minimum atomic E-state index is 0.0239. The third kappa shape index (κ3) is 4.07. The van der Waals surface area contributed by atoms with Crippen LogP contribution in [0, 0.1) is 0 Å². The van der Waals surface area contributed by atoms with Gasteiger partial charge in [-0.05, 0) is 48.2 Å². The van der Waals surface area contributed by atoms with Gasteiger partial charge in [0, 0.05) is 13.1 Å². The van der Waals surface area contributed by atoms with E-state index in [1.807, 2.05) is 41.3 Å². The Labute approximate surface area is 143 Å². The average molecular weight is 325 g/mol. The quantitative estimate of drug-likeness (QED) is 0.817. The lowest BCUT2D eigenvalue weighted by molar-refractivity contribution is -0.134. The van der Waals surface area contributed by atoms with Crippen LogP contribution < -0.4 is 9.47 Å². The summed E-state index contributed by atoms with van der Waals surface area (Å²) in [5.41, 5.74) is 2.57. The maximum Gasteiger partial charge on any atom is 0.260 e. The van der Waals surface area contributed by atoms with E-state index >= 15 is 0 Å². The number of rotatable bonds is 6. The number of ether oxygens (including phenoxy) is 2. The number of carbonyl (C=O) groups excluding carboxylic acids is 1. The van der Waals surface area contributed by atoms with Gasteiger partial charge in [-0.3, -0.25) is 4.79 Å². The van der Waals surface area contributed by atoms with Crippen molar-refractivity contribution in [1.29, 1.82) is 0 Å². The van der Waals surface area contributed by atoms with E-state index in [-0.39, 0.29) is 12.5 Å². The van der Waals surface area contributed by atoms with E-state index in [1.54, 1.807) is 0 Å². The van der Waals surface area contributed by atoms with Crippen LogP contribution in [0.25, 0.3) is 0 Å². The molecule has 3 rings (SSSR count). The van der Waals surface area contributed by atoms with Crippen molar-refractivity contribution >= 4 is 5.91 Å². The van der Waals surface area contributed by atoms with E-state index in [0.29, 0.717) is 18.9 Å². The summed E-state index contributed by atoms with van der Waals surface area (Å²) < 4.78 is 11.2. The van der Waals surface area contributed by atoms with E-state index in [9.17, 15) is 4.79 Å². The smallest absolute Gasteiger partial charge is 0.260 e. The van der Waals surface area contributed by atoms with Crippen molar-refractivity contribution in [2.75, 3.05) is 19.8 Å². The summed E-state index contributed by atoms with van der Waals surface area (Å²) in [6.45, 7) is 4.26. The zero-order chi connectivity index (χ0) is 16.8. The molecule has 4 heteroatoms. The lowest BCUT2D eigenvalue weighted by Crippen LogP contribution is -2.38. The minimum absolute atomic E-state index is 0.0239. The van der Waals surface area contributed by atoms with Crippen LogP contribution in [-0.2, 0) is 17.8 Å². The van der Waals surface area contributed by atoms with Gasteiger partial charge in [-0.25, -0.2) is 0 Å². The second-order valence-corrected chi connectivity index (χ2v) is 5.94. The van der Waals surface area contributed by atoms with Crippen molar-refractivity contribution in [3.63, 3.8) is 0 Å². The predicted octanol–water partition coefficient (Wildman–Crippen LogP) is 3.44. The van der Waals surface area contributed by atoms with E-state index in [2.05, 4.69) is 19.1 Å². The molecule has 0 fully saturated rings. The van der Waals surface area contributed by atoms with Crippen LogP contribution in [0.15, 0.2) is 48.5 Å². The van der Waals surface area contributed by atoms with Gasteiger partial charge in [0.15, 0.2) is 6.61 Å². The first-order valence-electron chi connectivity index (χ1n) is 8.46. The van der Waals surface area contributed by atoms with Gasteiger partial charge in [-0.2, -0.15) is 0 Å². The third-order valence-electron chi connectivity index (χ3n) is 4.14. The van der Waals surface area contributed by atoms with Crippen molar-refractivity contribution in [2.45, 2.75) is 26.3 Å². The summed E-state index contributed by atoms with van der Waals surface area (Å²) in [4.78, 5) is 14.2. The first kappa shape index (κ1) is 16.4. The number of hydrogen-bond donors (Lipinski definition) is 0. The number of amides is 1. The zero-order valence-corrected chi connectivity index (χ0v) is 14.0. The normalized spacial score (nSPS) is 13.3. The first-order valence-corrected chi connectivity index (χ1v) is 8.46. The molecule has 4 nitrogen and oxygen atoms in total. The summed E-state index contributed by atoms with van der Waals surface area (Å²) in [6.07, 6.45) is 1.89. The molecule has 0 radical (unpaired) electrons. The van der Waals surface area contributed by atoms with Crippen LogP contribution in [0.4, 0.5) is 0 Å². The van der Waals surface area contributed by atoms with Gasteiger partial charge in [0.2, 0.25) is 0 Å². The predicted molar refractivity (Wildman–Crippen MR) is 93.3 cm³/mol. The van der Waals surface area contributed by atoms with Crippen molar-refractivity contribution in [2.24, 2.45) is 0 Å². The van der Waals surface area contributed by atoms with Gasteiger partial charge in [0.25, 0.3) is 5.91 Å². The van der Waals surface area contributed by atoms with Gasteiger partial charge in [0.05, 0.1) is 6.61 Å². The number of hydrogen-bond acceptors (Lipinski definition) is 3. The van der Waals surface area contributed by atoms with E-state index in [0.717, 1.165) is 25.1 Å². The maximum atomic E-state index is 12.4. The molecule has 2 aromatic carbocycles. The Kier molecular flexibility index (Phi) is 5.36. The molecule has 0 aromatic heterocycles. The third-order valence-corrected chi connectivity index (χ3v) is 4.14. The van der Waals surface area contributed by atoms with Crippen molar-refractivity contribution in [1.82, 2.24) is 4.90 Å². The second kappa shape index (κ2) is 7.86. The molecule has 1 aliphatic rings. The highest BCUT2D eigenvalue weighted by atomic mass is 16.5. The van der Waals surface area contributed by atoms with E-state index < -0.39 is 0 Å². The molecule has 1 heterocycles. The van der Waals surface area contributed by atoms with Gasteiger partial charge in [-0.1, -0.05) is 31.2 Å². The lowest BCUT2D eigenvalue weighted by atomic mass is 10.00. The Balaban J connectivity index is 1.51. The Morgan fingerprint density at radius 1 is 1.00 bits per heavy atom. The molecular weight excluding hydrogens is 302 g/mol. The SMILES string of the molecule is CCCOc1ccc(OCC(=O)N2CCc3ccccc3C2)cc1. The van der Waals surface area contributed by atoms with Crippen LogP contribution in [0.3, 0.4) is 0 Å². The first-order chi connectivity index (χ1) is 11.8. The van der Waals surface area contributed by atoms with E-state index in [4.69, 9.17) is 9.47 Å². The molecule has 1 amide bonds. The monoisotopic (exact) mass is 325 g/mol. The largest absolute Gasteiger partial charge is 0.494 e. The van der Waals surface area contributed by atoms with Crippen LogP contribution >= 0.6 is 0 Å². The van der Waals surface area contributed by atoms with Crippen molar-refractivity contribution in [3.05, 3.63) is 59.7 Å². The highest BCUT2D eigenvalue weighted by molar-refractivity contribution is 5.78. The molecule has 126 valence electrons. The zero-order valence-electron chi connectivity index (χ0n) is 14.0. The molecule has 0 unspecified atom stereocenters. The average Bonchev–Trinajstić information content (AvgIpc) is 2.65. The summed E-state index contributed by atoms with van der Waals surface area (Å²) in [7, 11) is 0. The number of fused-ring (bicyclic) bond motifs is 1. The highest BCUT2D eigenvalue weighted by Crippen LogP contribution is 2.20. The number of nitrogens with zero attached hydrogens (tertiary/aromatic N) is 1. The van der Waals surface area contributed by atoms with Crippen molar-refractivity contribution < 1.29 is 14.3 Å². The Morgan fingerprint density at radius 3 is 2.38 bits per heavy atom.